The molecule has 0 aliphatic heterocycles. The number of rotatable bonds is 6. The number of carbonyl (C=O) groups is 1. The topological polar surface area (TPSA) is 113 Å². The third-order valence-electron chi connectivity index (χ3n) is 13.2. The van der Waals surface area contributed by atoms with Crippen LogP contribution in [0, 0.1) is 51.2 Å². The van der Waals surface area contributed by atoms with Gasteiger partial charge < -0.3 is 25.8 Å². The predicted molar refractivity (Wildman–Crippen MR) is 139 cm³/mol. The van der Waals surface area contributed by atoms with Crippen molar-refractivity contribution in [1.29, 1.82) is 0 Å². The van der Waals surface area contributed by atoms with Gasteiger partial charge in [0.05, 0.1) is 17.8 Å². The molecule has 206 valence electrons. The molecule has 0 saturated heterocycles. The summed E-state index contributed by atoms with van der Waals surface area (Å²) in [4.78, 5) is 11.4. The summed E-state index contributed by atoms with van der Waals surface area (Å²) in [7, 11) is 0. The molecule has 36 heavy (non-hydrogen) atoms. The number of hydrogen-bond donors (Lipinski definition) is 4. The van der Waals surface area contributed by atoms with Crippen molar-refractivity contribution < 1.29 is 24.9 Å². The molecule has 5 fully saturated rings. The van der Waals surface area contributed by atoms with Gasteiger partial charge in [0.2, 0.25) is 0 Å². The Morgan fingerprint density at radius 3 is 2.39 bits per heavy atom. The molecule has 11 atom stereocenters. The van der Waals surface area contributed by atoms with Gasteiger partial charge in [0.25, 0.3) is 0 Å². The number of primary amides is 1. The summed E-state index contributed by atoms with van der Waals surface area (Å²) < 4.78 is 5.22. The zero-order chi connectivity index (χ0) is 26.5. The van der Waals surface area contributed by atoms with Gasteiger partial charge in [-0.25, -0.2) is 4.79 Å². The van der Waals surface area contributed by atoms with E-state index in [0.717, 1.165) is 25.7 Å². The van der Waals surface area contributed by atoms with Crippen molar-refractivity contribution in [3.05, 3.63) is 0 Å². The van der Waals surface area contributed by atoms with Crippen LogP contribution in [0.1, 0.15) is 106 Å². The SMILES string of the molecule is C[C@@H]1C23CC[C@H](O)C(C)(C)C2CC[C@H]2C4C[C@@H](O)[C@H](CCC[C@H](OC(N)=O)C(C)(C)O)[C@@]4(C)CC[C@]123. The van der Waals surface area contributed by atoms with Crippen molar-refractivity contribution in [2.24, 2.45) is 57.0 Å². The van der Waals surface area contributed by atoms with Gasteiger partial charge in [-0.15, -0.1) is 0 Å². The van der Waals surface area contributed by atoms with E-state index < -0.39 is 17.8 Å². The summed E-state index contributed by atoms with van der Waals surface area (Å²) in [5.41, 5.74) is 5.00. The van der Waals surface area contributed by atoms with Crippen LogP contribution in [0.3, 0.4) is 0 Å². The van der Waals surface area contributed by atoms with Crippen LogP contribution in [-0.2, 0) is 4.74 Å². The van der Waals surface area contributed by atoms with Crippen LogP contribution in [0.4, 0.5) is 4.79 Å². The number of nitrogens with two attached hydrogens (primary N) is 1. The average Bonchev–Trinajstić information content (AvgIpc) is 3.19. The molecule has 0 aromatic carbocycles. The lowest BCUT2D eigenvalue weighted by molar-refractivity contribution is -0.132. The van der Waals surface area contributed by atoms with Gasteiger partial charge in [0.15, 0.2) is 0 Å². The smallest absolute Gasteiger partial charge is 0.404 e. The zero-order valence-corrected chi connectivity index (χ0v) is 23.4. The van der Waals surface area contributed by atoms with E-state index in [0.29, 0.717) is 40.9 Å². The van der Waals surface area contributed by atoms with E-state index in [4.69, 9.17) is 10.5 Å². The summed E-state index contributed by atoms with van der Waals surface area (Å²) in [6, 6.07) is 0. The Morgan fingerprint density at radius 1 is 1.06 bits per heavy atom. The van der Waals surface area contributed by atoms with Crippen LogP contribution in [0.25, 0.3) is 0 Å². The second-order valence-electron chi connectivity index (χ2n) is 14.9. The Hall–Kier alpha value is -0.850. The lowest BCUT2D eigenvalue weighted by Gasteiger charge is -2.59. The minimum Gasteiger partial charge on any atom is -0.443 e. The summed E-state index contributed by atoms with van der Waals surface area (Å²) in [5, 5.41) is 32.7. The molecule has 2 spiro atoms. The maximum absolute atomic E-state index is 11.4. The Labute approximate surface area is 217 Å². The number of amides is 1. The second kappa shape index (κ2) is 8.32. The van der Waals surface area contributed by atoms with Gasteiger partial charge in [0, 0.05) is 0 Å². The van der Waals surface area contributed by atoms with E-state index in [1.807, 2.05) is 0 Å². The van der Waals surface area contributed by atoms with Crippen LogP contribution in [0.5, 0.6) is 0 Å². The number of hydrogen-bond acceptors (Lipinski definition) is 5. The molecular formula is C30H51NO5. The van der Waals surface area contributed by atoms with Crippen molar-refractivity contribution in [2.45, 2.75) is 130 Å². The first-order valence-corrected chi connectivity index (χ1v) is 14.7. The van der Waals surface area contributed by atoms with Crippen LogP contribution in [0.2, 0.25) is 0 Å². The average molecular weight is 506 g/mol. The number of aliphatic hydroxyl groups is 3. The van der Waals surface area contributed by atoms with Gasteiger partial charge in [-0.1, -0.05) is 27.7 Å². The van der Waals surface area contributed by atoms with E-state index in [-0.39, 0.29) is 29.0 Å². The molecule has 6 nitrogen and oxygen atoms in total. The molecule has 3 unspecified atom stereocenters. The molecule has 0 heterocycles. The molecule has 5 aliphatic rings. The molecule has 5 saturated carbocycles. The van der Waals surface area contributed by atoms with E-state index in [1.165, 1.54) is 32.1 Å². The quantitative estimate of drug-likeness (QED) is 0.405. The van der Waals surface area contributed by atoms with Crippen molar-refractivity contribution in [1.82, 2.24) is 0 Å². The summed E-state index contributed by atoms with van der Waals surface area (Å²) in [6.07, 6.45) is 8.13. The molecule has 5 N–H and O–H groups in total. The van der Waals surface area contributed by atoms with Crippen molar-refractivity contribution in [3.63, 3.8) is 0 Å². The molecule has 6 heteroatoms. The minimum atomic E-state index is -1.15. The Morgan fingerprint density at radius 2 is 1.75 bits per heavy atom. The van der Waals surface area contributed by atoms with E-state index in [1.54, 1.807) is 13.8 Å². The lowest BCUT2D eigenvalue weighted by atomic mass is 9.46. The first kappa shape index (κ1) is 26.7. The normalized spacial score (nSPS) is 49.8. The lowest BCUT2D eigenvalue weighted by Crippen LogP contribution is -2.54. The first-order chi connectivity index (χ1) is 16.6. The highest BCUT2D eigenvalue weighted by Crippen LogP contribution is 2.89. The fourth-order valence-corrected chi connectivity index (χ4v) is 11.5. The summed E-state index contributed by atoms with van der Waals surface area (Å²) in [6.45, 7) is 12.9. The predicted octanol–water partition coefficient (Wildman–Crippen LogP) is 5.02. The number of aliphatic hydroxyl groups excluding tert-OH is 2. The number of carbonyl (C=O) groups excluding carboxylic acids is 1. The molecule has 0 radical (unpaired) electrons. The maximum atomic E-state index is 11.4. The van der Waals surface area contributed by atoms with Crippen LogP contribution in [-0.4, -0.2) is 45.3 Å². The highest BCUT2D eigenvalue weighted by molar-refractivity contribution is 5.64. The zero-order valence-electron chi connectivity index (χ0n) is 23.4. The second-order valence-corrected chi connectivity index (χ2v) is 14.9. The fraction of sp³-hybridized carbons (Fsp3) is 0.967. The largest absolute Gasteiger partial charge is 0.443 e. The van der Waals surface area contributed by atoms with Crippen LogP contribution in [0.15, 0.2) is 0 Å². The van der Waals surface area contributed by atoms with Gasteiger partial charge in [-0.2, -0.15) is 0 Å². The molecular weight excluding hydrogens is 454 g/mol. The minimum absolute atomic E-state index is 0.0105. The van der Waals surface area contributed by atoms with Gasteiger partial charge >= 0.3 is 6.09 Å². The standard InChI is InChI=1S/C30H51NO5/c1-17-29-15-14-28(6)19(8-7-9-24(27(4,5)35)36-25(31)34)21(32)16-20(28)18(29)10-11-22-26(2,3)23(33)12-13-30(17,22)29/h17-24,32-33,35H,7-16H2,1-6H3,(H2,31,34)/t17-,18-,19-,20?,21+,22?,23-,24-,28+,29-,30?/m0/s1. The molecule has 0 bridgehead atoms. The number of ether oxygens (including phenoxy) is 1. The summed E-state index contributed by atoms with van der Waals surface area (Å²) in [5.74, 6) is 2.79. The van der Waals surface area contributed by atoms with Gasteiger partial charge in [-0.3, -0.25) is 0 Å². The highest BCUT2D eigenvalue weighted by Gasteiger charge is 2.84. The molecule has 5 rings (SSSR count). The Balaban J connectivity index is 1.33. The highest BCUT2D eigenvalue weighted by atomic mass is 16.6. The third-order valence-corrected chi connectivity index (χ3v) is 13.2. The van der Waals surface area contributed by atoms with Crippen molar-refractivity contribution in [3.8, 4) is 0 Å². The van der Waals surface area contributed by atoms with Crippen molar-refractivity contribution >= 4 is 6.09 Å². The van der Waals surface area contributed by atoms with E-state index >= 15 is 0 Å². The maximum Gasteiger partial charge on any atom is 0.404 e. The van der Waals surface area contributed by atoms with Gasteiger partial charge in [0.1, 0.15) is 6.10 Å². The van der Waals surface area contributed by atoms with Crippen LogP contribution < -0.4 is 5.73 Å². The van der Waals surface area contributed by atoms with E-state index in [9.17, 15) is 20.1 Å². The van der Waals surface area contributed by atoms with Gasteiger partial charge in [-0.05, 0) is 129 Å². The first-order valence-electron chi connectivity index (χ1n) is 14.7. The Bertz CT molecular complexity index is 883. The third kappa shape index (κ3) is 3.42. The van der Waals surface area contributed by atoms with Crippen molar-refractivity contribution in [2.75, 3.05) is 0 Å². The molecule has 1 amide bonds. The number of fused-ring (bicyclic) bond motifs is 2. The molecule has 0 aromatic rings. The molecule has 5 aliphatic carbocycles. The summed E-state index contributed by atoms with van der Waals surface area (Å²) >= 11 is 0. The van der Waals surface area contributed by atoms with Crippen LogP contribution >= 0.6 is 0 Å². The molecule has 0 aromatic heterocycles. The van der Waals surface area contributed by atoms with E-state index in [2.05, 4.69) is 27.7 Å². The fourth-order valence-electron chi connectivity index (χ4n) is 11.5. The Kier molecular flexibility index (Phi) is 6.18. The monoisotopic (exact) mass is 505 g/mol.